The Morgan fingerprint density at radius 1 is 1.24 bits per heavy atom. The van der Waals surface area contributed by atoms with Crippen LogP contribution in [-0.4, -0.2) is 52.7 Å². The van der Waals surface area contributed by atoms with Crippen molar-refractivity contribution in [3.05, 3.63) is 59.2 Å². The highest BCUT2D eigenvalue weighted by atomic mass is 16.5. The second kappa shape index (κ2) is 8.00. The molecule has 1 amide bonds. The number of aryl methyl sites for hydroxylation is 2. The van der Waals surface area contributed by atoms with Crippen LogP contribution in [0.25, 0.3) is 11.3 Å². The minimum Gasteiger partial charge on any atom is -0.480 e. The predicted octanol–water partition coefficient (Wildman–Crippen LogP) is 2.97. The number of nitrogens with zero attached hydrogens (tertiary/aromatic N) is 4. The van der Waals surface area contributed by atoms with E-state index < -0.39 is 0 Å². The van der Waals surface area contributed by atoms with Crippen LogP contribution in [0, 0.1) is 13.8 Å². The number of hydrogen-bond acceptors (Lipinski definition) is 7. The van der Waals surface area contributed by atoms with Crippen LogP contribution in [0.1, 0.15) is 33.6 Å². The molecule has 1 aliphatic rings. The van der Waals surface area contributed by atoms with Gasteiger partial charge < -0.3 is 18.9 Å². The number of pyridine rings is 2. The molecule has 150 valence electrons. The van der Waals surface area contributed by atoms with Crippen LogP contribution in [0.15, 0.2) is 41.1 Å². The molecule has 0 N–H and O–H groups in total. The molecule has 0 radical (unpaired) electrons. The average Bonchev–Trinajstić information content (AvgIpc) is 3.11. The summed E-state index contributed by atoms with van der Waals surface area (Å²) in [4.78, 5) is 23.6. The van der Waals surface area contributed by atoms with Crippen molar-refractivity contribution in [3.8, 4) is 17.1 Å². The summed E-state index contributed by atoms with van der Waals surface area (Å²) >= 11 is 0. The average molecular weight is 394 g/mol. The third kappa shape index (κ3) is 3.71. The molecule has 0 spiro atoms. The molecule has 0 saturated carbocycles. The van der Waals surface area contributed by atoms with Gasteiger partial charge >= 0.3 is 0 Å². The monoisotopic (exact) mass is 394 g/mol. The number of methoxy groups -OCH3 is 1. The lowest BCUT2D eigenvalue weighted by Gasteiger charge is -2.33. The summed E-state index contributed by atoms with van der Waals surface area (Å²) < 4.78 is 16.4. The number of morpholine rings is 1. The zero-order valence-electron chi connectivity index (χ0n) is 16.6. The van der Waals surface area contributed by atoms with Gasteiger partial charge in [0, 0.05) is 12.7 Å². The molecule has 8 nitrogen and oxygen atoms in total. The number of aromatic nitrogens is 3. The lowest BCUT2D eigenvalue weighted by molar-refractivity contribution is -0.0247. The number of amides is 1. The first kappa shape index (κ1) is 19.1. The standard InChI is InChI=1S/C21H22N4O4/c1-13-19(14(2)29-24-13)17-8-4-7-16(23-17)18-12-25(10-11-28-18)21(26)15-6-5-9-22-20(15)27-3/h4-9,18H,10-12H2,1-3H3. The largest absolute Gasteiger partial charge is 0.480 e. The molecule has 8 heteroatoms. The Bertz CT molecular complexity index is 1010. The minimum atomic E-state index is -0.323. The first-order valence-corrected chi connectivity index (χ1v) is 9.38. The van der Waals surface area contributed by atoms with Crippen LogP contribution in [0.2, 0.25) is 0 Å². The highest BCUT2D eigenvalue weighted by Crippen LogP contribution is 2.29. The molecule has 3 aromatic rings. The maximum Gasteiger partial charge on any atom is 0.259 e. The number of carbonyl (C=O) groups excluding carboxylic acids is 1. The van der Waals surface area contributed by atoms with Gasteiger partial charge in [0.15, 0.2) is 0 Å². The molecular formula is C21H22N4O4. The maximum atomic E-state index is 13.0. The third-order valence-corrected chi connectivity index (χ3v) is 4.94. The number of hydrogen-bond donors (Lipinski definition) is 0. The molecule has 4 heterocycles. The number of ether oxygens (including phenoxy) is 2. The smallest absolute Gasteiger partial charge is 0.259 e. The van der Waals surface area contributed by atoms with Crippen molar-refractivity contribution in [3.63, 3.8) is 0 Å². The van der Waals surface area contributed by atoms with Gasteiger partial charge in [0.25, 0.3) is 5.91 Å². The zero-order chi connectivity index (χ0) is 20.4. The SMILES string of the molecule is COc1ncccc1C(=O)N1CCOC(c2cccc(-c3c(C)noc3C)n2)C1. The number of carbonyl (C=O) groups is 1. The van der Waals surface area contributed by atoms with Crippen molar-refractivity contribution in [2.75, 3.05) is 26.8 Å². The molecule has 0 aliphatic carbocycles. The molecule has 4 rings (SSSR count). The van der Waals surface area contributed by atoms with E-state index in [0.717, 1.165) is 28.4 Å². The van der Waals surface area contributed by atoms with Gasteiger partial charge in [-0.25, -0.2) is 9.97 Å². The first-order valence-electron chi connectivity index (χ1n) is 9.38. The Kier molecular flexibility index (Phi) is 5.26. The third-order valence-electron chi connectivity index (χ3n) is 4.94. The van der Waals surface area contributed by atoms with E-state index in [9.17, 15) is 4.79 Å². The Hall–Kier alpha value is -3.26. The van der Waals surface area contributed by atoms with Crippen LogP contribution in [-0.2, 0) is 4.74 Å². The molecule has 0 aromatic carbocycles. The van der Waals surface area contributed by atoms with Crippen LogP contribution in [0.5, 0.6) is 5.88 Å². The molecule has 29 heavy (non-hydrogen) atoms. The summed E-state index contributed by atoms with van der Waals surface area (Å²) in [6.45, 7) is 5.07. The highest BCUT2D eigenvalue weighted by Gasteiger charge is 2.29. The van der Waals surface area contributed by atoms with Gasteiger partial charge in [0.2, 0.25) is 5.88 Å². The summed E-state index contributed by atoms with van der Waals surface area (Å²) in [6, 6.07) is 9.20. The quantitative estimate of drug-likeness (QED) is 0.672. The van der Waals surface area contributed by atoms with Gasteiger partial charge in [-0.3, -0.25) is 4.79 Å². The second-order valence-electron chi connectivity index (χ2n) is 6.82. The summed E-state index contributed by atoms with van der Waals surface area (Å²) in [7, 11) is 1.51. The summed E-state index contributed by atoms with van der Waals surface area (Å²) in [5.41, 5.74) is 3.65. The normalized spacial score (nSPS) is 16.7. The lowest BCUT2D eigenvalue weighted by Crippen LogP contribution is -2.42. The van der Waals surface area contributed by atoms with Crippen molar-refractivity contribution < 1.29 is 18.8 Å². The van der Waals surface area contributed by atoms with E-state index >= 15 is 0 Å². The highest BCUT2D eigenvalue weighted by molar-refractivity contribution is 5.96. The maximum absolute atomic E-state index is 13.0. The number of rotatable bonds is 4. The van der Waals surface area contributed by atoms with Gasteiger partial charge in [0.05, 0.1) is 42.9 Å². The van der Waals surface area contributed by atoms with Gasteiger partial charge in [-0.1, -0.05) is 11.2 Å². The van der Waals surface area contributed by atoms with Gasteiger partial charge in [-0.05, 0) is 38.1 Å². The topological polar surface area (TPSA) is 90.6 Å². The van der Waals surface area contributed by atoms with E-state index in [1.807, 2.05) is 32.0 Å². The molecule has 3 aromatic heterocycles. The fourth-order valence-corrected chi connectivity index (χ4v) is 3.52. The van der Waals surface area contributed by atoms with E-state index in [4.69, 9.17) is 19.0 Å². The summed E-state index contributed by atoms with van der Waals surface area (Å²) in [6.07, 6.45) is 1.28. The van der Waals surface area contributed by atoms with Crippen molar-refractivity contribution in [2.45, 2.75) is 20.0 Å². The minimum absolute atomic E-state index is 0.134. The molecule has 1 saturated heterocycles. The lowest BCUT2D eigenvalue weighted by atomic mass is 10.1. The molecule has 0 bridgehead atoms. The fraction of sp³-hybridized carbons (Fsp3) is 0.333. The van der Waals surface area contributed by atoms with E-state index in [1.165, 1.54) is 7.11 Å². The molecule has 1 fully saturated rings. The Morgan fingerprint density at radius 2 is 2.10 bits per heavy atom. The van der Waals surface area contributed by atoms with E-state index in [0.29, 0.717) is 31.1 Å². The van der Waals surface area contributed by atoms with E-state index in [2.05, 4.69) is 10.1 Å². The van der Waals surface area contributed by atoms with Gasteiger partial charge in [-0.2, -0.15) is 0 Å². The van der Waals surface area contributed by atoms with E-state index in [-0.39, 0.29) is 12.0 Å². The summed E-state index contributed by atoms with van der Waals surface area (Å²) in [5, 5.41) is 4.00. The van der Waals surface area contributed by atoms with Crippen LogP contribution < -0.4 is 4.74 Å². The Morgan fingerprint density at radius 3 is 2.86 bits per heavy atom. The zero-order valence-corrected chi connectivity index (χ0v) is 16.6. The molecule has 1 atom stereocenters. The van der Waals surface area contributed by atoms with Crippen LogP contribution >= 0.6 is 0 Å². The molecule has 1 unspecified atom stereocenters. The van der Waals surface area contributed by atoms with Crippen molar-refractivity contribution >= 4 is 5.91 Å². The molecule has 1 aliphatic heterocycles. The van der Waals surface area contributed by atoms with Crippen molar-refractivity contribution in [2.24, 2.45) is 0 Å². The first-order chi connectivity index (χ1) is 14.1. The Balaban J connectivity index is 1.58. The fourth-order valence-electron chi connectivity index (χ4n) is 3.52. The van der Waals surface area contributed by atoms with Gasteiger partial charge in [-0.15, -0.1) is 0 Å². The second-order valence-corrected chi connectivity index (χ2v) is 6.82. The van der Waals surface area contributed by atoms with Crippen molar-refractivity contribution in [1.29, 1.82) is 0 Å². The van der Waals surface area contributed by atoms with E-state index in [1.54, 1.807) is 23.2 Å². The predicted molar refractivity (Wildman–Crippen MR) is 105 cm³/mol. The summed E-state index contributed by atoms with van der Waals surface area (Å²) in [5.74, 6) is 0.904. The Labute approximate surface area is 168 Å². The van der Waals surface area contributed by atoms with Crippen LogP contribution in [0.4, 0.5) is 0 Å². The molecular weight excluding hydrogens is 372 g/mol. The van der Waals surface area contributed by atoms with Crippen molar-refractivity contribution in [1.82, 2.24) is 20.0 Å². The van der Waals surface area contributed by atoms with Gasteiger partial charge in [0.1, 0.15) is 17.4 Å². The van der Waals surface area contributed by atoms with Crippen LogP contribution in [0.3, 0.4) is 0 Å².